The summed E-state index contributed by atoms with van der Waals surface area (Å²) in [5, 5.41) is 5.64. The summed E-state index contributed by atoms with van der Waals surface area (Å²) in [6, 6.07) is 6.28. The molecule has 0 atom stereocenters. The van der Waals surface area contributed by atoms with Crippen LogP contribution in [-0.2, 0) is 10.0 Å². The zero-order valence-corrected chi connectivity index (χ0v) is 16.5. The molecule has 0 aliphatic rings. The topological polar surface area (TPSA) is 90.7 Å². The number of anilines is 1. The van der Waals surface area contributed by atoms with Crippen molar-refractivity contribution in [1.82, 2.24) is 5.16 Å². The molecule has 1 N–H and O–H groups in total. The van der Waals surface area contributed by atoms with Crippen molar-refractivity contribution < 1.29 is 22.4 Å². The molecule has 0 bridgehead atoms. The quantitative estimate of drug-likeness (QED) is 0.650. The number of thiophene rings is 1. The normalized spacial score (nSPS) is 11.4. The van der Waals surface area contributed by atoms with Gasteiger partial charge in [-0.2, -0.15) is 0 Å². The zero-order valence-electron chi connectivity index (χ0n) is 14.1. The van der Waals surface area contributed by atoms with Crippen molar-refractivity contribution in [3.8, 4) is 22.8 Å². The molecule has 0 aliphatic heterocycles. The molecule has 3 rings (SSSR count). The number of methoxy groups -OCH3 is 2. The first-order valence-electron chi connectivity index (χ1n) is 7.30. The van der Waals surface area contributed by atoms with Crippen LogP contribution in [0.1, 0.15) is 5.69 Å². The number of benzene rings is 1. The van der Waals surface area contributed by atoms with Crippen LogP contribution in [0, 0.1) is 6.92 Å². The molecule has 138 valence electrons. The maximum atomic E-state index is 12.7. The number of hydrogen-bond donors (Lipinski definition) is 1. The SMILES string of the molecule is COc1cc(Cl)c(NS(=O)(=O)c2cc(-c3cc(C)no3)cs2)c(OC)c1. The van der Waals surface area contributed by atoms with E-state index in [1.165, 1.54) is 26.4 Å². The first-order chi connectivity index (χ1) is 12.3. The van der Waals surface area contributed by atoms with Crippen LogP contribution >= 0.6 is 22.9 Å². The first-order valence-corrected chi connectivity index (χ1v) is 10.0. The lowest BCUT2D eigenvalue weighted by Crippen LogP contribution is -2.12. The monoisotopic (exact) mass is 414 g/mol. The molecule has 0 unspecified atom stereocenters. The van der Waals surface area contributed by atoms with Crippen LogP contribution in [0.2, 0.25) is 5.02 Å². The van der Waals surface area contributed by atoms with Gasteiger partial charge in [0.25, 0.3) is 10.0 Å². The summed E-state index contributed by atoms with van der Waals surface area (Å²) in [5.41, 5.74) is 1.48. The van der Waals surface area contributed by atoms with Crippen molar-refractivity contribution in [1.29, 1.82) is 0 Å². The molecule has 10 heteroatoms. The highest BCUT2D eigenvalue weighted by atomic mass is 35.5. The molecule has 0 amide bonds. The van der Waals surface area contributed by atoms with Gasteiger partial charge < -0.3 is 14.0 Å². The van der Waals surface area contributed by atoms with Crippen LogP contribution in [0.3, 0.4) is 0 Å². The van der Waals surface area contributed by atoms with E-state index >= 15 is 0 Å². The van der Waals surface area contributed by atoms with E-state index in [1.54, 1.807) is 24.4 Å². The molecule has 2 heterocycles. The van der Waals surface area contributed by atoms with Gasteiger partial charge in [-0.3, -0.25) is 4.72 Å². The van der Waals surface area contributed by atoms with Crippen molar-refractivity contribution in [3.05, 3.63) is 40.4 Å². The maximum absolute atomic E-state index is 12.7. The van der Waals surface area contributed by atoms with Crippen LogP contribution in [0.5, 0.6) is 11.5 Å². The van der Waals surface area contributed by atoms with Crippen molar-refractivity contribution in [2.45, 2.75) is 11.1 Å². The Hall–Kier alpha value is -2.23. The third kappa shape index (κ3) is 3.64. The molecule has 0 fully saturated rings. The van der Waals surface area contributed by atoms with Gasteiger partial charge in [0.05, 0.1) is 24.9 Å². The second-order valence-electron chi connectivity index (χ2n) is 5.28. The first kappa shape index (κ1) is 18.6. The van der Waals surface area contributed by atoms with Crippen LogP contribution in [0.15, 0.2) is 38.4 Å². The molecule has 3 aromatic rings. The van der Waals surface area contributed by atoms with Gasteiger partial charge in [0.2, 0.25) is 0 Å². The standard InChI is InChI=1S/C16H15ClN2O5S2/c1-9-4-13(24-18-9)10-5-15(25-8-10)26(20,21)19-16-12(17)6-11(22-2)7-14(16)23-3/h4-8,19H,1-3H3. The highest BCUT2D eigenvalue weighted by molar-refractivity contribution is 7.94. The van der Waals surface area contributed by atoms with Crippen LogP contribution in [0.4, 0.5) is 5.69 Å². The van der Waals surface area contributed by atoms with Crippen molar-refractivity contribution in [2.24, 2.45) is 0 Å². The zero-order chi connectivity index (χ0) is 18.9. The summed E-state index contributed by atoms with van der Waals surface area (Å²) in [4.78, 5) is 0. The van der Waals surface area contributed by atoms with E-state index in [-0.39, 0.29) is 20.7 Å². The Bertz CT molecular complexity index is 1040. The molecule has 0 aliphatic carbocycles. The van der Waals surface area contributed by atoms with E-state index in [9.17, 15) is 8.42 Å². The Balaban J connectivity index is 1.94. The number of rotatable bonds is 6. The molecule has 1 aromatic carbocycles. The number of ether oxygens (including phenoxy) is 2. The van der Waals surface area contributed by atoms with Crippen molar-refractivity contribution in [2.75, 3.05) is 18.9 Å². The molecule has 0 saturated heterocycles. The average molecular weight is 415 g/mol. The molecule has 2 aromatic heterocycles. The number of nitrogens with zero attached hydrogens (tertiary/aromatic N) is 1. The smallest absolute Gasteiger partial charge is 0.271 e. The van der Waals surface area contributed by atoms with Gasteiger partial charge in [-0.05, 0) is 13.0 Å². The molecule has 0 saturated carbocycles. The molecular weight excluding hydrogens is 400 g/mol. The lowest BCUT2D eigenvalue weighted by Gasteiger charge is -2.14. The molecule has 7 nitrogen and oxygen atoms in total. The Labute approximate surface area is 159 Å². The van der Waals surface area contributed by atoms with Crippen molar-refractivity contribution >= 4 is 38.6 Å². The van der Waals surface area contributed by atoms with E-state index in [2.05, 4.69) is 9.88 Å². The Morgan fingerprint density at radius 1 is 1.19 bits per heavy atom. The Morgan fingerprint density at radius 2 is 1.96 bits per heavy atom. The molecular formula is C16H15ClN2O5S2. The minimum absolute atomic E-state index is 0.107. The van der Waals surface area contributed by atoms with Gasteiger partial charge in [-0.15, -0.1) is 11.3 Å². The van der Waals surface area contributed by atoms with Gasteiger partial charge in [-0.1, -0.05) is 16.8 Å². The van der Waals surface area contributed by atoms with E-state index in [1.807, 2.05) is 0 Å². The van der Waals surface area contributed by atoms with E-state index in [4.69, 9.17) is 25.6 Å². The highest BCUT2D eigenvalue weighted by Gasteiger charge is 2.22. The number of sulfonamides is 1. The van der Waals surface area contributed by atoms with Crippen LogP contribution in [-0.4, -0.2) is 27.8 Å². The summed E-state index contributed by atoms with van der Waals surface area (Å²) in [7, 11) is -0.973. The van der Waals surface area contributed by atoms with E-state index in [0.717, 1.165) is 11.3 Å². The summed E-state index contributed by atoms with van der Waals surface area (Å²) in [6.07, 6.45) is 0. The lowest BCUT2D eigenvalue weighted by molar-refractivity contribution is 0.395. The molecule has 0 spiro atoms. The summed E-state index contributed by atoms with van der Waals surface area (Å²) < 4.78 is 43.5. The van der Waals surface area contributed by atoms with E-state index in [0.29, 0.717) is 22.8 Å². The minimum atomic E-state index is -3.87. The highest BCUT2D eigenvalue weighted by Crippen LogP contribution is 2.39. The number of aryl methyl sites for hydroxylation is 1. The number of aromatic nitrogens is 1. The predicted molar refractivity (Wildman–Crippen MR) is 99.9 cm³/mol. The Kier molecular flexibility index (Phi) is 5.12. The van der Waals surface area contributed by atoms with Gasteiger partial charge in [0.1, 0.15) is 21.4 Å². The predicted octanol–water partition coefficient (Wildman–Crippen LogP) is 4.18. The van der Waals surface area contributed by atoms with Gasteiger partial charge in [-0.25, -0.2) is 8.42 Å². The number of nitrogens with one attached hydrogen (secondary N) is 1. The number of hydrogen-bond acceptors (Lipinski definition) is 7. The van der Waals surface area contributed by atoms with Crippen LogP contribution in [0.25, 0.3) is 11.3 Å². The third-order valence-corrected chi connectivity index (χ3v) is 6.56. The minimum Gasteiger partial charge on any atom is -0.497 e. The molecule has 26 heavy (non-hydrogen) atoms. The fourth-order valence-electron chi connectivity index (χ4n) is 2.21. The maximum Gasteiger partial charge on any atom is 0.271 e. The number of halogens is 1. The summed E-state index contributed by atoms with van der Waals surface area (Å²) in [5.74, 6) is 1.20. The molecule has 0 radical (unpaired) electrons. The fourth-order valence-corrected chi connectivity index (χ4v) is 4.77. The van der Waals surface area contributed by atoms with Gasteiger partial charge >= 0.3 is 0 Å². The average Bonchev–Trinajstić information content (AvgIpc) is 3.25. The van der Waals surface area contributed by atoms with Crippen LogP contribution < -0.4 is 14.2 Å². The van der Waals surface area contributed by atoms with Gasteiger partial charge in [0, 0.05) is 29.1 Å². The second-order valence-corrected chi connectivity index (χ2v) is 8.51. The Morgan fingerprint density at radius 3 is 2.58 bits per heavy atom. The second kappa shape index (κ2) is 7.18. The lowest BCUT2D eigenvalue weighted by atomic mass is 10.2. The van der Waals surface area contributed by atoms with E-state index < -0.39 is 10.0 Å². The van der Waals surface area contributed by atoms with Gasteiger partial charge in [0.15, 0.2) is 5.76 Å². The van der Waals surface area contributed by atoms with Crippen molar-refractivity contribution in [3.63, 3.8) is 0 Å². The summed E-state index contributed by atoms with van der Waals surface area (Å²) >= 11 is 7.24. The largest absolute Gasteiger partial charge is 0.497 e. The third-order valence-electron chi connectivity index (χ3n) is 3.47. The fraction of sp³-hybridized carbons (Fsp3) is 0.188. The summed E-state index contributed by atoms with van der Waals surface area (Å²) in [6.45, 7) is 1.79.